The number of hydrogen-bond donors (Lipinski definition) is 3. The quantitative estimate of drug-likeness (QED) is 0.303. The average molecular weight is 499 g/mol. The van der Waals surface area contributed by atoms with Crippen molar-refractivity contribution in [2.24, 2.45) is 0 Å². The zero-order chi connectivity index (χ0) is 25.6. The van der Waals surface area contributed by atoms with E-state index in [1.54, 1.807) is 0 Å². The molecular weight excluding hydrogens is 464 g/mol. The second-order valence-corrected chi connectivity index (χ2v) is 8.43. The van der Waals surface area contributed by atoms with Gasteiger partial charge in [0.1, 0.15) is 6.61 Å². The van der Waals surface area contributed by atoms with Crippen LogP contribution < -0.4 is 10.6 Å². The summed E-state index contributed by atoms with van der Waals surface area (Å²) in [6, 6.07) is 16.5. The van der Waals surface area contributed by atoms with Crippen LogP contribution >= 0.6 is 0 Å². The number of carbonyl (C=O) groups is 3. The summed E-state index contributed by atoms with van der Waals surface area (Å²) in [5, 5.41) is 13.9. The van der Waals surface area contributed by atoms with E-state index in [1.165, 1.54) is 22.3 Å². The van der Waals surface area contributed by atoms with Gasteiger partial charge in [-0.1, -0.05) is 48.5 Å². The molecule has 36 heavy (non-hydrogen) atoms. The zero-order valence-electron chi connectivity index (χ0n) is 20.4. The highest BCUT2D eigenvalue weighted by Gasteiger charge is 2.28. The van der Waals surface area contributed by atoms with E-state index in [2.05, 4.69) is 34.9 Å². The van der Waals surface area contributed by atoms with Crippen LogP contribution in [-0.2, 0) is 23.8 Å². The van der Waals surface area contributed by atoms with Gasteiger partial charge < -0.3 is 30.0 Å². The lowest BCUT2D eigenvalue weighted by atomic mass is 9.98. The van der Waals surface area contributed by atoms with E-state index in [0.29, 0.717) is 59.0 Å². The maximum atomic E-state index is 12.1. The van der Waals surface area contributed by atoms with E-state index in [4.69, 9.17) is 19.3 Å². The van der Waals surface area contributed by atoms with Crippen LogP contribution in [0.15, 0.2) is 48.5 Å². The van der Waals surface area contributed by atoms with Gasteiger partial charge in [0.2, 0.25) is 5.91 Å². The van der Waals surface area contributed by atoms with Crippen LogP contribution in [-0.4, -0.2) is 69.2 Å². The standard InChI is InChI=1S/C27H34N2O7/c30-25(11-12-26(31)32)28-13-5-15-34-17-18-35-16-6-14-29-27(33)36-19-24-22-9-3-1-7-20(22)21-8-2-4-10-23(21)24/h1-4,7-10,24H,5-6,11-19H2,(H,28,30)(H,29,33)(H,31,32). The molecule has 194 valence electrons. The minimum Gasteiger partial charge on any atom is -0.481 e. The van der Waals surface area contributed by atoms with Crippen molar-refractivity contribution < 1.29 is 33.7 Å². The molecule has 9 nitrogen and oxygen atoms in total. The summed E-state index contributed by atoms with van der Waals surface area (Å²) in [7, 11) is 0. The predicted octanol–water partition coefficient (Wildman–Crippen LogP) is 3.32. The Balaban J connectivity index is 1.17. The van der Waals surface area contributed by atoms with Crippen LogP contribution in [0.1, 0.15) is 42.7 Å². The minimum absolute atomic E-state index is 0.0137. The summed E-state index contributed by atoms with van der Waals surface area (Å²) in [4.78, 5) is 33.9. The molecule has 0 unspecified atom stereocenters. The van der Waals surface area contributed by atoms with E-state index in [-0.39, 0.29) is 24.7 Å². The summed E-state index contributed by atoms with van der Waals surface area (Å²) in [5.41, 5.74) is 4.76. The Bertz CT molecular complexity index is 966. The second-order valence-electron chi connectivity index (χ2n) is 8.43. The molecule has 2 aromatic carbocycles. The van der Waals surface area contributed by atoms with Gasteiger partial charge in [-0.15, -0.1) is 0 Å². The van der Waals surface area contributed by atoms with Crippen LogP contribution in [0, 0.1) is 0 Å². The van der Waals surface area contributed by atoms with Gasteiger partial charge in [0.25, 0.3) is 0 Å². The summed E-state index contributed by atoms with van der Waals surface area (Å²) >= 11 is 0. The summed E-state index contributed by atoms with van der Waals surface area (Å²) in [5.74, 6) is -1.21. The molecule has 0 fully saturated rings. The Labute approximate surface area is 211 Å². The number of fused-ring (bicyclic) bond motifs is 3. The second kappa shape index (κ2) is 14.9. The molecule has 0 atom stereocenters. The van der Waals surface area contributed by atoms with Crippen molar-refractivity contribution in [1.82, 2.24) is 10.6 Å². The lowest BCUT2D eigenvalue weighted by Gasteiger charge is -2.14. The number of alkyl carbamates (subject to hydrolysis) is 1. The topological polar surface area (TPSA) is 123 Å². The molecule has 0 heterocycles. The molecule has 0 saturated heterocycles. The largest absolute Gasteiger partial charge is 0.481 e. The highest BCUT2D eigenvalue weighted by atomic mass is 16.5. The van der Waals surface area contributed by atoms with Gasteiger partial charge in [-0.3, -0.25) is 9.59 Å². The smallest absolute Gasteiger partial charge is 0.407 e. The number of hydrogen-bond acceptors (Lipinski definition) is 6. The molecule has 0 saturated carbocycles. The molecule has 0 spiro atoms. The number of nitrogens with one attached hydrogen (secondary N) is 2. The molecule has 0 bridgehead atoms. The summed E-state index contributed by atoms with van der Waals surface area (Å²) < 4.78 is 16.4. The van der Waals surface area contributed by atoms with Crippen molar-refractivity contribution in [3.05, 3.63) is 59.7 Å². The molecule has 3 N–H and O–H groups in total. The van der Waals surface area contributed by atoms with Crippen molar-refractivity contribution in [1.29, 1.82) is 0 Å². The molecule has 2 amide bonds. The van der Waals surface area contributed by atoms with Gasteiger partial charge in [0.15, 0.2) is 0 Å². The number of benzene rings is 2. The molecule has 1 aliphatic carbocycles. The molecule has 3 rings (SSSR count). The Morgan fingerprint density at radius 3 is 1.89 bits per heavy atom. The fourth-order valence-corrected chi connectivity index (χ4v) is 4.05. The third kappa shape index (κ3) is 8.66. The number of carboxylic acids is 1. The number of amides is 2. The molecular formula is C27H34N2O7. The van der Waals surface area contributed by atoms with E-state index in [0.717, 1.165) is 0 Å². The minimum atomic E-state index is -0.985. The summed E-state index contributed by atoms with van der Waals surface area (Å²) in [6.07, 6.45) is 0.687. The normalized spacial score (nSPS) is 12.0. The van der Waals surface area contributed by atoms with E-state index in [1.807, 2.05) is 24.3 Å². The number of aliphatic carboxylic acids is 1. The SMILES string of the molecule is O=C(O)CCC(=O)NCCCOCCOCCCNC(=O)OCC1c2ccccc2-c2ccccc21. The zero-order valence-corrected chi connectivity index (χ0v) is 20.4. The van der Waals surface area contributed by atoms with Gasteiger partial charge in [0.05, 0.1) is 19.6 Å². The lowest BCUT2D eigenvalue weighted by molar-refractivity contribution is -0.138. The molecule has 2 aromatic rings. The highest BCUT2D eigenvalue weighted by molar-refractivity contribution is 5.80. The van der Waals surface area contributed by atoms with Crippen LogP contribution in [0.4, 0.5) is 4.79 Å². The van der Waals surface area contributed by atoms with Crippen LogP contribution in [0.5, 0.6) is 0 Å². The number of ether oxygens (including phenoxy) is 3. The predicted molar refractivity (Wildman–Crippen MR) is 134 cm³/mol. The first-order chi connectivity index (χ1) is 17.6. The van der Waals surface area contributed by atoms with Crippen molar-refractivity contribution in [2.75, 3.05) is 46.1 Å². The van der Waals surface area contributed by atoms with Crippen molar-refractivity contribution >= 4 is 18.0 Å². The third-order valence-corrected chi connectivity index (χ3v) is 5.80. The Morgan fingerprint density at radius 1 is 0.750 bits per heavy atom. The highest BCUT2D eigenvalue weighted by Crippen LogP contribution is 2.44. The van der Waals surface area contributed by atoms with Crippen molar-refractivity contribution in [2.45, 2.75) is 31.6 Å². The fraction of sp³-hybridized carbons (Fsp3) is 0.444. The lowest BCUT2D eigenvalue weighted by Crippen LogP contribution is -2.27. The molecule has 1 aliphatic rings. The Hall–Kier alpha value is -3.43. The van der Waals surface area contributed by atoms with Crippen LogP contribution in [0.3, 0.4) is 0 Å². The number of carboxylic acid groups (broad SMARTS) is 1. The maximum absolute atomic E-state index is 12.1. The Kier molecular flexibility index (Phi) is 11.2. The van der Waals surface area contributed by atoms with Gasteiger partial charge in [-0.05, 0) is 35.1 Å². The summed E-state index contributed by atoms with van der Waals surface area (Å²) in [6.45, 7) is 3.04. The van der Waals surface area contributed by atoms with Gasteiger partial charge in [0, 0.05) is 38.6 Å². The van der Waals surface area contributed by atoms with E-state index < -0.39 is 12.1 Å². The van der Waals surface area contributed by atoms with Crippen LogP contribution in [0.25, 0.3) is 11.1 Å². The first kappa shape index (κ1) is 27.2. The Morgan fingerprint density at radius 2 is 1.31 bits per heavy atom. The van der Waals surface area contributed by atoms with E-state index in [9.17, 15) is 14.4 Å². The third-order valence-electron chi connectivity index (χ3n) is 5.80. The molecule has 0 aromatic heterocycles. The first-order valence-corrected chi connectivity index (χ1v) is 12.3. The molecule has 0 aliphatic heterocycles. The number of rotatable bonds is 16. The molecule has 0 radical (unpaired) electrons. The van der Waals surface area contributed by atoms with Gasteiger partial charge in [-0.2, -0.15) is 0 Å². The number of carbonyl (C=O) groups excluding carboxylic acids is 2. The molecule has 9 heteroatoms. The van der Waals surface area contributed by atoms with E-state index >= 15 is 0 Å². The average Bonchev–Trinajstić information content (AvgIpc) is 3.20. The monoisotopic (exact) mass is 498 g/mol. The van der Waals surface area contributed by atoms with Crippen molar-refractivity contribution in [3.8, 4) is 11.1 Å². The maximum Gasteiger partial charge on any atom is 0.407 e. The fourth-order valence-electron chi connectivity index (χ4n) is 4.05. The van der Waals surface area contributed by atoms with Crippen molar-refractivity contribution in [3.63, 3.8) is 0 Å². The first-order valence-electron chi connectivity index (χ1n) is 12.3. The van der Waals surface area contributed by atoms with Crippen LogP contribution in [0.2, 0.25) is 0 Å². The van der Waals surface area contributed by atoms with Gasteiger partial charge in [-0.25, -0.2) is 4.79 Å². The van der Waals surface area contributed by atoms with Gasteiger partial charge >= 0.3 is 12.1 Å².